The quantitative estimate of drug-likeness (QED) is 0.329. The summed E-state index contributed by atoms with van der Waals surface area (Å²) in [5, 5.41) is 15.9. The maximum Gasteiger partial charge on any atom is 0.109 e. The summed E-state index contributed by atoms with van der Waals surface area (Å²) in [7, 11) is 0. The fraction of sp³-hybridized carbons (Fsp3) is 0.900. The summed E-state index contributed by atoms with van der Waals surface area (Å²) < 4.78 is 0. The van der Waals surface area contributed by atoms with Crippen molar-refractivity contribution < 1.29 is 0 Å². The van der Waals surface area contributed by atoms with Gasteiger partial charge in [0, 0.05) is 31.1 Å². The lowest BCUT2D eigenvalue weighted by Crippen LogP contribution is -2.53. The van der Waals surface area contributed by atoms with Gasteiger partial charge in [0.1, 0.15) is 5.54 Å². The number of azide groups is 1. The van der Waals surface area contributed by atoms with Gasteiger partial charge in [-0.15, -0.1) is 0 Å². The number of nitriles is 1. The number of nitrogens with zero attached hydrogens (tertiary/aromatic N) is 5. The molecule has 1 heterocycles. The molecule has 1 fully saturated rings. The lowest BCUT2D eigenvalue weighted by atomic mass is 9.89. The Morgan fingerprint density at radius 3 is 2.75 bits per heavy atom. The van der Waals surface area contributed by atoms with E-state index in [9.17, 15) is 5.26 Å². The predicted molar refractivity (Wildman–Crippen MR) is 61.7 cm³/mol. The highest BCUT2D eigenvalue weighted by atomic mass is 15.2. The molecule has 0 amide bonds. The average molecular weight is 222 g/mol. The van der Waals surface area contributed by atoms with Crippen molar-refractivity contribution in [2.75, 3.05) is 32.7 Å². The minimum absolute atomic E-state index is 0.400. The normalized spacial score (nSPS) is 19.8. The van der Waals surface area contributed by atoms with Crippen LogP contribution in [0.5, 0.6) is 0 Å². The van der Waals surface area contributed by atoms with Gasteiger partial charge in [-0.2, -0.15) is 5.26 Å². The molecule has 0 unspecified atom stereocenters. The molecule has 0 atom stereocenters. The van der Waals surface area contributed by atoms with Crippen molar-refractivity contribution in [2.45, 2.75) is 25.3 Å². The first-order chi connectivity index (χ1) is 7.76. The second-order valence-electron chi connectivity index (χ2n) is 4.01. The SMILES string of the molecule is CCN1CCC(C#N)(NCCN=[N+]=[N-])CC1. The molecule has 1 saturated heterocycles. The van der Waals surface area contributed by atoms with Gasteiger partial charge in [0.15, 0.2) is 0 Å². The van der Waals surface area contributed by atoms with Gasteiger partial charge >= 0.3 is 0 Å². The Morgan fingerprint density at radius 2 is 2.25 bits per heavy atom. The van der Waals surface area contributed by atoms with E-state index in [1.807, 2.05) is 0 Å². The van der Waals surface area contributed by atoms with Crippen molar-refractivity contribution >= 4 is 0 Å². The molecule has 1 aliphatic heterocycles. The van der Waals surface area contributed by atoms with Gasteiger partial charge in [-0.05, 0) is 24.9 Å². The molecule has 6 heteroatoms. The van der Waals surface area contributed by atoms with E-state index in [1.54, 1.807) is 0 Å². The van der Waals surface area contributed by atoms with Crippen LogP contribution < -0.4 is 5.32 Å². The van der Waals surface area contributed by atoms with Crippen LogP contribution in [-0.2, 0) is 0 Å². The highest BCUT2D eigenvalue weighted by Crippen LogP contribution is 2.21. The van der Waals surface area contributed by atoms with Crippen molar-refractivity contribution in [3.63, 3.8) is 0 Å². The van der Waals surface area contributed by atoms with E-state index < -0.39 is 5.54 Å². The smallest absolute Gasteiger partial charge is 0.109 e. The summed E-state index contributed by atoms with van der Waals surface area (Å²) in [4.78, 5) is 5.02. The third kappa shape index (κ3) is 3.38. The van der Waals surface area contributed by atoms with Gasteiger partial charge in [-0.3, -0.25) is 5.32 Å². The molecule has 0 spiro atoms. The van der Waals surface area contributed by atoms with Gasteiger partial charge in [0.25, 0.3) is 0 Å². The molecule has 0 saturated carbocycles. The molecule has 0 aromatic heterocycles. The number of piperidine rings is 1. The number of likely N-dealkylation sites (tertiary alicyclic amines) is 1. The number of hydrogen-bond acceptors (Lipinski definition) is 4. The molecule has 1 aliphatic rings. The Hall–Kier alpha value is -1.28. The Morgan fingerprint density at radius 1 is 1.56 bits per heavy atom. The van der Waals surface area contributed by atoms with E-state index >= 15 is 0 Å². The van der Waals surface area contributed by atoms with Crippen LogP contribution in [0.15, 0.2) is 5.11 Å². The van der Waals surface area contributed by atoms with E-state index in [2.05, 4.69) is 33.2 Å². The molecule has 0 aromatic rings. The molecule has 88 valence electrons. The second-order valence-corrected chi connectivity index (χ2v) is 4.01. The first kappa shape index (κ1) is 12.8. The zero-order valence-corrected chi connectivity index (χ0v) is 9.69. The number of rotatable bonds is 5. The Labute approximate surface area is 95.9 Å². The predicted octanol–water partition coefficient (Wildman–Crippen LogP) is 1.26. The highest BCUT2D eigenvalue weighted by molar-refractivity contribution is 5.09. The van der Waals surface area contributed by atoms with E-state index in [-0.39, 0.29) is 0 Å². The largest absolute Gasteiger partial charge is 0.303 e. The zero-order valence-electron chi connectivity index (χ0n) is 9.69. The van der Waals surface area contributed by atoms with Crippen molar-refractivity contribution in [2.24, 2.45) is 5.11 Å². The van der Waals surface area contributed by atoms with Crippen LogP contribution in [0.4, 0.5) is 0 Å². The van der Waals surface area contributed by atoms with Gasteiger partial charge in [-0.1, -0.05) is 12.0 Å². The fourth-order valence-corrected chi connectivity index (χ4v) is 1.97. The van der Waals surface area contributed by atoms with Crippen molar-refractivity contribution in [3.05, 3.63) is 10.4 Å². The highest BCUT2D eigenvalue weighted by Gasteiger charge is 2.33. The molecule has 1 rings (SSSR count). The molecule has 0 bridgehead atoms. The second kappa shape index (κ2) is 6.33. The van der Waals surface area contributed by atoms with Crippen LogP contribution >= 0.6 is 0 Å². The first-order valence-corrected chi connectivity index (χ1v) is 5.66. The maximum absolute atomic E-state index is 9.22. The van der Waals surface area contributed by atoms with Gasteiger partial charge in [0.05, 0.1) is 6.07 Å². The summed E-state index contributed by atoms with van der Waals surface area (Å²) in [5.41, 5.74) is 7.73. The molecular formula is C10H18N6. The monoisotopic (exact) mass is 222 g/mol. The minimum Gasteiger partial charge on any atom is -0.303 e. The third-order valence-electron chi connectivity index (χ3n) is 3.11. The third-order valence-corrected chi connectivity index (χ3v) is 3.11. The first-order valence-electron chi connectivity index (χ1n) is 5.66. The van der Waals surface area contributed by atoms with E-state index in [1.165, 1.54) is 0 Å². The van der Waals surface area contributed by atoms with Crippen LogP contribution in [0.1, 0.15) is 19.8 Å². The molecular weight excluding hydrogens is 204 g/mol. The van der Waals surface area contributed by atoms with E-state index in [0.29, 0.717) is 13.1 Å². The minimum atomic E-state index is -0.420. The van der Waals surface area contributed by atoms with Gasteiger partial charge in [-0.25, -0.2) is 0 Å². The molecule has 6 nitrogen and oxygen atoms in total. The summed E-state index contributed by atoms with van der Waals surface area (Å²) in [6.45, 7) is 6.06. The van der Waals surface area contributed by atoms with Crippen LogP contribution in [0.2, 0.25) is 0 Å². The van der Waals surface area contributed by atoms with Crippen molar-refractivity contribution in [3.8, 4) is 6.07 Å². The Bertz CT molecular complexity index is 293. The number of nitrogens with one attached hydrogen (secondary N) is 1. The Kier molecular flexibility index (Phi) is 5.06. The summed E-state index contributed by atoms with van der Waals surface area (Å²) in [5.74, 6) is 0. The van der Waals surface area contributed by atoms with Gasteiger partial charge in [0.2, 0.25) is 0 Å². The lowest BCUT2D eigenvalue weighted by molar-refractivity contribution is 0.174. The molecule has 0 radical (unpaired) electrons. The van der Waals surface area contributed by atoms with Crippen LogP contribution in [0, 0.1) is 11.3 Å². The molecule has 16 heavy (non-hydrogen) atoms. The zero-order chi connectivity index (χ0) is 11.9. The van der Waals surface area contributed by atoms with Crippen LogP contribution in [0.3, 0.4) is 0 Å². The Balaban J connectivity index is 2.41. The molecule has 0 aliphatic carbocycles. The molecule has 1 N–H and O–H groups in total. The fourth-order valence-electron chi connectivity index (χ4n) is 1.97. The summed E-state index contributed by atoms with van der Waals surface area (Å²) in [6, 6.07) is 2.37. The van der Waals surface area contributed by atoms with Crippen LogP contribution in [-0.4, -0.2) is 43.2 Å². The van der Waals surface area contributed by atoms with Crippen LogP contribution in [0.25, 0.3) is 10.4 Å². The molecule has 0 aromatic carbocycles. The average Bonchev–Trinajstić information content (AvgIpc) is 2.35. The standard InChI is InChI=1S/C10H18N6/c1-2-16-7-3-10(9-11,4-8-16)13-5-6-14-15-12/h13H,2-8H2,1H3. The van der Waals surface area contributed by atoms with E-state index in [4.69, 9.17) is 5.53 Å². The summed E-state index contributed by atoms with van der Waals surface area (Å²) >= 11 is 0. The maximum atomic E-state index is 9.22. The summed E-state index contributed by atoms with van der Waals surface area (Å²) in [6.07, 6.45) is 1.68. The van der Waals surface area contributed by atoms with Crippen molar-refractivity contribution in [1.82, 2.24) is 10.2 Å². The lowest BCUT2D eigenvalue weighted by Gasteiger charge is -2.37. The topological polar surface area (TPSA) is 87.8 Å². The van der Waals surface area contributed by atoms with Crippen molar-refractivity contribution in [1.29, 1.82) is 5.26 Å². The van der Waals surface area contributed by atoms with Gasteiger partial charge < -0.3 is 4.90 Å². The van der Waals surface area contributed by atoms with E-state index in [0.717, 1.165) is 32.5 Å². The number of hydrogen-bond donors (Lipinski definition) is 1.